The van der Waals surface area contributed by atoms with Gasteiger partial charge < -0.3 is 9.47 Å². The van der Waals surface area contributed by atoms with E-state index in [1.54, 1.807) is 31.4 Å². The number of nitro benzene ring substituents is 1. The summed E-state index contributed by atoms with van der Waals surface area (Å²) in [5, 5.41) is 12.7. The SMILES string of the molecule is CCOC(=O)C1(C(=O)OCC)[C@H](C(=O)c2cccs2)[C@H]1c1ccc([N+](=O)[O-])cc1. The number of thiophene rings is 1. The largest absolute Gasteiger partial charge is 0.465 e. The van der Waals surface area contributed by atoms with Gasteiger partial charge in [-0.1, -0.05) is 18.2 Å². The van der Waals surface area contributed by atoms with Crippen molar-refractivity contribution in [2.45, 2.75) is 19.8 Å². The Balaban J connectivity index is 2.09. The monoisotopic (exact) mass is 417 g/mol. The number of ether oxygens (including phenoxy) is 2. The number of esters is 2. The van der Waals surface area contributed by atoms with Crippen molar-refractivity contribution in [1.29, 1.82) is 0 Å². The van der Waals surface area contributed by atoms with Crippen molar-refractivity contribution in [3.8, 4) is 0 Å². The molecule has 0 radical (unpaired) electrons. The van der Waals surface area contributed by atoms with Gasteiger partial charge in [0, 0.05) is 18.1 Å². The lowest BCUT2D eigenvalue weighted by molar-refractivity contribution is -0.384. The second-order valence-corrected chi connectivity index (χ2v) is 7.40. The molecule has 0 amide bonds. The quantitative estimate of drug-likeness (QED) is 0.213. The third kappa shape index (κ3) is 3.42. The van der Waals surface area contributed by atoms with Gasteiger partial charge in [-0.25, -0.2) is 0 Å². The molecule has 2 atom stereocenters. The van der Waals surface area contributed by atoms with E-state index in [4.69, 9.17) is 9.47 Å². The number of Topliss-reactive ketones (excluding diaryl/α,β-unsaturated/α-hetero) is 1. The van der Waals surface area contributed by atoms with Crippen molar-refractivity contribution in [2.24, 2.45) is 11.3 Å². The third-order valence-corrected chi connectivity index (χ3v) is 5.83. The molecule has 1 fully saturated rings. The fraction of sp³-hybridized carbons (Fsp3) is 0.350. The molecule has 2 aromatic rings. The summed E-state index contributed by atoms with van der Waals surface area (Å²) in [4.78, 5) is 49.8. The zero-order chi connectivity index (χ0) is 21.2. The third-order valence-electron chi connectivity index (χ3n) is 4.94. The summed E-state index contributed by atoms with van der Waals surface area (Å²) in [6.07, 6.45) is 0. The summed E-state index contributed by atoms with van der Waals surface area (Å²) in [5.41, 5.74) is -1.47. The molecule has 1 aromatic heterocycles. The molecule has 0 unspecified atom stereocenters. The normalized spacial score (nSPS) is 19.2. The van der Waals surface area contributed by atoms with Gasteiger partial charge in [-0.15, -0.1) is 11.3 Å². The summed E-state index contributed by atoms with van der Waals surface area (Å²) >= 11 is 1.21. The van der Waals surface area contributed by atoms with Crippen molar-refractivity contribution in [3.63, 3.8) is 0 Å². The molecule has 0 saturated heterocycles. The van der Waals surface area contributed by atoms with Gasteiger partial charge in [0.2, 0.25) is 0 Å². The summed E-state index contributed by atoms with van der Waals surface area (Å²) in [6.45, 7) is 3.28. The van der Waals surface area contributed by atoms with Crippen LogP contribution in [0, 0.1) is 21.4 Å². The van der Waals surface area contributed by atoms with Crippen molar-refractivity contribution in [1.82, 2.24) is 0 Å². The van der Waals surface area contributed by atoms with E-state index >= 15 is 0 Å². The minimum absolute atomic E-state index is 0.0346. The van der Waals surface area contributed by atoms with Crippen LogP contribution < -0.4 is 0 Å². The lowest BCUT2D eigenvalue weighted by Gasteiger charge is -2.15. The second kappa shape index (κ2) is 8.12. The molecule has 29 heavy (non-hydrogen) atoms. The Morgan fingerprint density at radius 3 is 2.10 bits per heavy atom. The number of carbonyl (C=O) groups is 3. The molecule has 3 rings (SSSR count). The highest BCUT2D eigenvalue weighted by Gasteiger charge is 2.79. The first kappa shape index (κ1) is 20.7. The van der Waals surface area contributed by atoms with Gasteiger partial charge in [0.05, 0.1) is 28.9 Å². The van der Waals surface area contributed by atoms with Crippen molar-refractivity contribution in [2.75, 3.05) is 13.2 Å². The van der Waals surface area contributed by atoms with E-state index in [0.29, 0.717) is 10.4 Å². The number of benzene rings is 1. The van der Waals surface area contributed by atoms with Gasteiger partial charge in [0.1, 0.15) is 0 Å². The van der Waals surface area contributed by atoms with Crippen LogP contribution in [-0.2, 0) is 19.1 Å². The number of non-ortho nitro benzene ring substituents is 1. The molecular formula is C20H19NO7S. The molecular weight excluding hydrogens is 398 g/mol. The number of hydrogen-bond donors (Lipinski definition) is 0. The van der Waals surface area contributed by atoms with Crippen molar-refractivity contribution < 1.29 is 28.8 Å². The predicted molar refractivity (Wildman–Crippen MR) is 104 cm³/mol. The van der Waals surface area contributed by atoms with E-state index in [9.17, 15) is 24.5 Å². The smallest absolute Gasteiger partial charge is 0.324 e. The van der Waals surface area contributed by atoms with E-state index in [1.807, 2.05) is 0 Å². The highest BCUT2D eigenvalue weighted by atomic mass is 32.1. The first-order valence-corrected chi connectivity index (χ1v) is 9.94. The number of hydrogen-bond acceptors (Lipinski definition) is 8. The van der Waals surface area contributed by atoms with Crippen molar-refractivity contribution >= 4 is 34.7 Å². The molecule has 1 aromatic carbocycles. The maximum Gasteiger partial charge on any atom is 0.324 e. The van der Waals surface area contributed by atoms with Crippen LogP contribution in [0.4, 0.5) is 5.69 Å². The van der Waals surface area contributed by atoms with Crippen LogP contribution in [0.15, 0.2) is 41.8 Å². The highest BCUT2D eigenvalue weighted by molar-refractivity contribution is 7.12. The van der Waals surface area contributed by atoms with Gasteiger partial charge >= 0.3 is 11.9 Å². The molecule has 1 aliphatic rings. The van der Waals surface area contributed by atoms with Gasteiger partial charge in [-0.05, 0) is 30.9 Å². The van der Waals surface area contributed by atoms with Crippen LogP contribution in [0.1, 0.15) is 35.0 Å². The molecule has 1 aliphatic carbocycles. The lowest BCUT2D eigenvalue weighted by atomic mass is 9.98. The average molecular weight is 417 g/mol. The van der Waals surface area contributed by atoms with Crippen molar-refractivity contribution in [3.05, 3.63) is 62.3 Å². The maximum atomic E-state index is 13.1. The molecule has 8 nitrogen and oxygen atoms in total. The molecule has 0 bridgehead atoms. The van der Waals surface area contributed by atoms with Crippen LogP contribution in [0.2, 0.25) is 0 Å². The summed E-state index contributed by atoms with van der Waals surface area (Å²) in [5.74, 6) is -3.82. The molecule has 0 aliphatic heterocycles. The van der Waals surface area contributed by atoms with Gasteiger partial charge in [0.15, 0.2) is 11.2 Å². The van der Waals surface area contributed by atoms with Gasteiger partial charge in [-0.3, -0.25) is 24.5 Å². The van der Waals surface area contributed by atoms with E-state index in [1.165, 1.54) is 35.6 Å². The zero-order valence-corrected chi connectivity index (χ0v) is 16.6. The Hall–Kier alpha value is -3.07. The fourth-order valence-electron chi connectivity index (χ4n) is 3.67. The molecule has 0 spiro atoms. The average Bonchev–Trinajstić information content (AvgIpc) is 3.10. The van der Waals surface area contributed by atoms with Crippen LogP contribution in [0.5, 0.6) is 0 Å². The molecule has 1 saturated carbocycles. The van der Waals surface area contributed by atoms with Crippen LogP contribution >= 0.6 is 11.3 Å². The first-order chi connectivity index (χ1) is 13.9. The Morgan fingerprint density at radius 2 is 1.66 bits per heavy atom. The van der Waals surface area contributed by atoms with E-state index in [-0.39, 0.29) is 24.7 Å². The number of carbonyl (C=O) groups excluding carboxylic acids is 3. The number of nitro groups is 1. The second-order valence-electron chi connectivity index (χ2n) is 6.46. The summed E-state index contributed by atoms with van der Waals surface area (Å²) < 4.78 is 10.3. The van der Waals surface area contributed by atoms with Gasteiger partial charge in [-0.2, -0.15) is 0 Å². The van der Waals surface area contributed by atoms with Crippen LogP contribution in [0.25, 0.3) is 0 Å². The van der Waals surface area contributed by atoms with Gasteiger partial charge in [0.25, 0.3) is 5.69 Å². The predicted octanol–water partition coefficient (Wildman–Crippen LogP) is 3.37. The lowest BCUT2D eigenvalue weighted by Crippen LogP contribution is -2.34. The number of nitrogens with zero attached hydrogens (tertiary/aromatic N) is 1. The molecule has 0 N–H and O–H groups in total. The van der Waals surface area contributed by atoms with E-state index < -0.39 is 34.1 Å². The Labute approximate surface area is 170 Å². The standard InChI is InChI=1S/C20H19NO7S/c1-3-27-18(23)20(19(24)28-4-2)15(12-7-9-13(10-8-12)21(25)26)16(20)17(22)14-6-5-11-29-14/h5-11,15-16H,3-4H2,1-2H3/t15-,16+/m1/s1. The minimum Gasteiger partial charge on any atom is -0.465 e. The Kier molecular flexibility index (Phi) is 5.78. The van der Waals surface area contributed by atoms with E-state index in [0.717, 1.165) is 0 Å². The fourth-order valence-corrected chi connectivity index (χ4v) is 4.37. The minimum atomic E-state index is -1.80. The van der Waals surface area contributed by atoms with E-state index in [2.05, 4.69) is 0 Å². The zero-order valence-electron chi connectivity index (χ0n) is 15.8. The molecule has 9 heteroatoms. The topological polar surface area (TPSA) is 113 Å². The Bertz CT molecular complexity index is 918. The van der Waals surface area contributed by atoms with Crippen LogP contribution in [-0.4, -0.2) is 35.9 Å². The summed E-state index contributed by atoms with van der Waals surface area (Å²) in [6, 6.07) is 8.80. The summed E-state index contributed by atoms with van der Waals surface area (Å²) in [7, 11) is 0. The molecule has 152 valence electrons. The Morgan fingerprint density at radius 1 is 1.07 bits per heavy atom. The first-order valence-electron chi connectivity index (χ1n) is 9.06. The number of ketones is 1. The van der Waals surface area contributed by atoms with Crippen LogP contribution in [0.3, 0.4) is 0 Å². The maximum absolute atomic E-state index is 13.1. The molecule has 1 heterocycles. The number of rotatable bonds is 8. The highest BCUT2D eigenvalue weighted by Crippen LogP contribution is 2.67.